The van der Waals surface area contributed by atoms with Crippen LogP contribution in [0.4, 0.5) is 0 Å². The molecule has 0 aliphatic rings. The monoisotopic (exact) mass is 588 g/mol. The summed E-state index contributed by atoms with van der Waals surface area (Å²) in [4.78, 5) is 56.4. The Balaban J connectivity index is 2.13. The van der Waals surface area contributed by atoms with E-state index in [1.807, 2.05) is 13.8 Å². The van der Waals surface area contributed by atoms with Crippen molar-refractivity contribution < 1.29 is 38.1 Å². The van der Waals surface area contributed by atoms with Crippen molar-refractivity contribution in [1.82, 2.24) is 0 Å². The lowest BCUT2D eigenvalue weighted by molar-refractivity contribution is -0.199. The van der Waals surface area contributed by atoms with Gasteiger partial charge in [-0.3, -0.25) is 19.2 Å². The smallest absolute Gasteiger partial charge is 0.336 e. The highest BCUT2D eigenvalue weighted by molar-refractivity contribution is 6.20. The van der Waals surface area contributed by atoms with Crippen LogP contribution in [-0.4, -0.2) is 29.5 Å². The molecule has 3 aromatic carbocycles. The zero-order chi connectivity index (χ0) is 31.5. The van der Waals surface area contributed by atoms with Crippen LogP contribution in [0.2, 0.25) is 0 Å². The Morgan fingerprint density at radius 3 is 1.19 bits per heavy atom. The lowest BCUT2D eigenvalue weighted by atomic mass is 9.71. The third-order valence-electron chi connectivity index (χ3n) is 6.53. The zero-order valence-corrected chi connectivity index (χ0v) is 25.4. The highest BCUT2D eigenvalue weighted by Gasteiger charge is 2.66. The van der Waals surface area contributed by atoms with E-state index in [-0.39, 0.29) is 32.2 Å². The first-order valence-corrected chi connectivity index (χ1v) is 14.3. The SMILES string of the molecule is CC(C)C[C@@H](C(=O)OC(C)(C)C)C(C(=O)OCc1ccccc1)(C(=O)OCc1ccccc1)C(=O)OCc1ccccc1. The van der Waals surface area contributed by atoms with Gasteiger partial charge >= 0.3 is 23.9 Å². The average molecular weight is 589 g/mol. The van der Waals surface area contributed by atoms with Gasteiger partial charge in [0.2, 0.25) is 0 Å². The van der Waals surface area contributed by atoms with Crippen molar-refractivity contribution in [2.24, 2.45) is 17.3 Å². The van der Waals surface area contributed by atoms with Gasteiger partial charge in [0.25, 0.3) is 5.41 Å². The topological polar surface area (TPSA) is 105 Å². The van der Waals surface area contributed by atoms with Crippen LogP contribution in [0.5, 0.6) is 0 Å². The van der Waals surface area contributed by atoms with Crippen LogP contribution >= 0.6 is 0 Å². The molecule has 0 aliphatic heterocycles. The molecule has 0 radical (unpaired) electrons. The highest BCUT2D eigenvalue weighted by atomic mass is 16.6. The van der Waals surface area contributed by atoms with Crippen molar-refractivity contribution in [2.45, 2.75) is 66.5 Å². The molecular formula is C35H40O8. The Bertz CT molecular complexity index is 1210. The summed E-state index contributed by atoms with van der Waals surface area (Å²) in [6, 6.07) is 26.4. The van der Waals surface area contributed by atoms with Gasteiger partial charge < -0.3 is 18.9 Å². The summed E-state index contributed by atoms with van der Waals surface area (Å²) in [5.74, 6) is -6.48. The van der Waals surface area contributed by atoms with E-state index in [9.17, 15) is 19.2 Å². The molecule has 0 spiro atoms. The van der Waals surface area contributed by atoms with E-state index in [1.165, 1.54) is 0 Å². The minimum absolute atomic E-state index is 0.0593. The average Bonchev–Trinajstić information content (AvgIpc) is 2.98. The predicted octanol–water partition coefficient (Wildman–Crippen LogP) is 6.21. The first-order valence-electron chi connectivity index (χ1n) is 14.3. The van der Waals surface area contributed by atoms with E-state index in [0.717, 1.165) is 0 Å². The van der Waals surface area contributed by atoms with Gasteiger partial charge in [0, 0.05) is 0 Å². The fraction of sp³-hybridized carbons (Fsp3) is 0.371. The number of benzene rings is 3. The van der Waals surface area contributed by atoms with Crippen molar-refractivity contribution >= 4 is 23.9 Å². The summed E-state index contributed by atoms with van der Waals surface area (Å²) in [6.07, 6.45) is -0.0593. The molecule has 0 saturated heterocycles. The first-order chi connectivity index (χ1) is 20.4. The molecule has 3 rings (SSSR count). The molecule has 0 heterocycles. The Hall–Kier alpha value is -4.46. The fourth-order valence-corrected chi connectivity index (χ4v) is 4.48. The number of hydrogen-bond acceptors (Lipinski definition) is 8. The maximum atomic E-state index is 14.2. The second-order valence-electron chi connectivity index (χ2n) is 11.7. The highest BCUT2D eigenvalue weighted by Crippen LogP contribution is 2.40. The minimum atomic E-state index is -2.80. The number of carbonyl (C=O) groups excluding carboxylic acids is 4. The molecule has 0 bridgehead atoms. The molecule has 1 atom stereocenters. The van der Waals surface area contributed by atoms with Crippen molar-refractivity contribution in [2.75, 3.05) is 0 Å². The van der Waals surface area contributed by atoms with Crippen LogP contribution in [0, 0.1) is 17.3 Å². The van der Waals surface area contributed by atoms with E-state index >= 15 is 0 Å². The molecule has 0 aromatic heterocycles. The molecule has 0 aliphatic carbocycles. The van der Waals surface area contributed by atoms with Gasteiger partial charge in [0.05, 0.1) is 5.92 Å². The quantitative estimate of drug-likeness (QED) is 0.132. The predicted molar refractivity (Wildman–Crippen MR) is 160 cm³/mol. The van der Waals surface area contributed by atoms with Gasteiger partial charge in [0.1, 0.15) is 25.4 Å². The number of esters is 4. The van der Waals surface area contributed by atoms with Crippen molar-refractivity contribution in [1.29, 1.82) is 0 Å². The van der Waals surface area contributed by atoms with Crippen molar-refractivity contribution in [3.8, 4) is 0 Å². The molecule has 8 nitrogen and oxygen atoms in total. The van der Waals surface area contributed by atoms with Gasteiger partial charge in [-0.2, -0.15) is 0 Å². The van der Waals surface area contributed by atoms with E-state index < -0.39 is 40.8 Å². The molecule has 0 N–H and O–H groups in total. The van der Waals surface area contributed by atoms with E-state index in [4.69, 9.17) is 18.9 Å². The summed E-state index contributed by atoms with van der Waals surface area (Å²) < 4.78 is 22.6. The van der Waals surface area contributed by atoms with Crippen LogP contribution in [0.3, 0.4) is 0 Å². The number of carbonyl (C=O) groups is 4. The molecule has 0 fully saturated rings. The lowest BCUT2D eigenvalue weighted by Gasteiger charge is -2.35. The molecule has 0 saturated carbocycles. The van der Waals surface area contributed by atoms with Gasteiger partial charge in [0.15, 0.2) is 0 Å². The van der Waals surface area contributed by atoms with Crippen LogP contribution in [0.25, 0.3) is 0 Å². The second-order valence-corrected chi connectivity index (χ2v) is 11.7. The normalized spacial score (nSPS) is 12.2. The third kappa shape index (κ3) is 9.26. The van der Waals surface area contributed by atoms with Crippen LogP contribution < -0.4 is 0 Å². The molecule has 3 aromatic rings. The van der Waals surface area contributed by atoms with Gasteiger partial charge in [-0.15, -0.1) is 0 Å². The Labute approximate surface area is 253 Å². The zero-order valence-electron chi connectivity index (χ0n) is 25.4. The summed E-state index contributed by atoms with van der Waals surface area (Å²) in [7, 11) is 0. The summed E-state index contributed by atoms with van der Waals surface area (Å²) >= 11 is 0. The van der Waals surface area contributed by atoms with Crippen molar-refractivity contribution in [3.05, 3.63) is 108 Å². The minimum Gasteiger partial charge on any atom is -0.460 e. The van der Waals surface area contributed by atoms with Gasteiger partial charge in [-0.1, -0.05) is 105 Å². The van der Waals surface area contributed by atoms with Crippen molar-refractivity contribution in [3.63, 3.8) is 0 Å². The number of hydrogen-bond donors (Lipinski definition) is 0. The summed E-state index contributed by atoms with van der Waals surface area (Å²) in [5.41, 5.74) is -1.91. The molecule has 228 valence electrons. The van der Waals surface area contributed by atoms with E-state index in [2.05, 4.69) is 0 Å². The Morgan fingerprint density at radius 1 is 0.581 bits per heavy atom. The van der Waals surface area contributed by atoms with Crippen LogP contribution in [0.15, 0.2) is 91.0 Å². The molecule has 43 heavy (non-hydrogen) atoms. The maximum absolute atomic E-state index is 14.2. The van der Waals surface area contributed by atoms with Gasteiger partial charge in [-0.05, 0) is 49.8 Å². The van der Waals surface area contributed by atoms with Gasteiger partial charge in [-0.25, -0.2) is 0 Å². The summed E-state index contributed by atoms with van der Waals surface area (Å²) in [6.45, 7) is 7.85. The summed E-state index contributed by atoms with van der Waals surface area (Å²) in [5, 5.41) is 0. The second kappa shape index (κ2) is 15.1. The standard InChI is InChI=1S/C35H40O8/c1-25(2)21-29(30(36)43-34(3,4)5)35(31(37)40-22-26-15-9-6-10-16-26,32(38)41-23-27-17-11-7-12-18-27)33(39)42-24-28-19-13-8-14-20-28/h6-20,25,29H,21-24H2,1-5H3/t29-/m0/s1. The first kappa shape index (κ1) is 33.0. The fourth-order valence-electron chi connectivity index (χ4n) is 4.48. The van der Waals surface area contributed by atoms with Crippen LogP contribution in [-0.2, 0) is 57.9 Å². The number of ether oxygens (including phenoxy) is 4. The Kier molecular flexibility index (Phi) is 11.6. The molecule has 0 amide bonds. The van der Waals surface area contributed by atoms with E-state index in [0.29, 0.717) is 16.7 Å². The largest absolute Gasteiger partial charge is 0.460 e. The third-order valence-corrected chi connectivity index (χ3v) is 6.53. The molecule has 0 unspecified atom stereocenters. The van der Waals surface area contributed by atoms with E-state index in [1.54, 1.807) is 112 Å². The lowest BCUT2D eigenvalue weighted by Crippen LogP contribution is -2.57. The number of rotatable bonds is 13. The molecule has 8 heteroatoms. The van der Waals surface area contributed by atoms with Crippen LogP contribution in [0.1, 0.15) is 57.7 Å². The molecular weight excluding hydrogens is 548 g/mol. The maximum Gasteiger partial charge on any atom is 0.336 e. The Morgan fingerprint density at radius 2 is 0.907 bits per heavy atom.